The molecule has 1 aliphatic carbocycles. The number of hydrogen-bond donors (Lipinski definition) is 1. The molecule has 3 heteroatoms. The van der Waals surface area contributed by atoms with Gasteiger partial charge in [0.1, 0.15) is 0 Å². The molecular formula is C13H15F2N. The van der Waals surface area contributed by atoms with Crippen LogP contribution >= 0.6 is 0 Å². The molecule has 0 atom stereocenters. The van der Waals surface area contributed by atoms with E-state index in [2.05, 4.69) is 17.5 Å². The van der Waals surface area contributed by atoms with Gasteiger partial charge in [0, 0.05) is 18.2 Å². The van der Waals surface area contributed by atoms with Gasteiger partial charge in [-0.15, -0.1) is 0 Å². The van der Waals surface area contributed by atoms with Crippen LogP contribution in [0.4, 0.5) is 8.78 Å². The van der Waals surface area contributed by atoms with E-state index >= 15 is 0 Å². The number of nitrogens with one attached hydrogen (secondary N) is 1. The van der Waals surface area contributed by atoms with Crippen LogP contribution in [0.25, 0.3) is 0 Å². The van der Waals surface area contributed by atoms with Crippen LogP contribution in [0.5, 0.6) is 0 Å². The summed E-state index contributed by atoms with van der Waals surface area (Å²) in [6, 6.07) is 7.06. The summed E-state index contributed by atoms with van der Waals surface area (Å²) in [5, 5.41) is 3.36. The first-order valence-electron chi connectivity index (χ1n) is 5.51. The summed E-state index contributed by atoms with van der Waals surface area (Å²) in [6.45, 7) is 0.660. The van der Waals surface area contributed by atoms with Gasteiger partial charge in [0.2, 0.25) is 0 Å². The lowest BCUT2D eigenvalue weighted by Gasteiger charge is -2.12. The second kappa shape index (κ2) is 5.21. The highest BCUT2D eigenvalue weighted by Crippen LogP contribution is 2.19. The minimum atomic E-state index is -2.38. The lowest BCUT2D eigenvalue weighted by atomic mass is 10.1. The molecule has 0 aliphatic heterocycles. The van der Waals surface area contributed by atoms with Crippen molar-refractivity contribution >= 4 is 0 Å². The predicted molar refractivity (Wildman–Crippen MR) is 60.4 cm³/mol. The van der Waals surface area contributed by atoms with Gasteiger partial charge < -0.3 is 5.32 Å². The summed E-state index contributed by atoms with van der Waals surface area (Å²) < 4.78 is 24.9. The first-order valence-corrected chi connectivity index (χ1v) is 5.51. The standard InChI is InChI=1S/C13H15F2N/c14-13(15)11-5-3-4-10(8-11)9-16-12-6-1-2-7-12/h1-5,8,12-13,16H,6-7,9H2. The van der Waals surface area contributed by atoms with Crippen LogP contribution in [0, 0.1) is 0 Å². The zero-order valence-corrected chi connectivity index (χ0v) is 9.00. The first-order chi connectivity index (χ1) is 7.75. The number of benzene rings is 1. The molecule has 0 fully saturated rings. The molecule has 1 aliphatic rings. The topological polar surface area (TPSA) is 12.0 Å². The van der Waals surface area contributed by atoms with E-state index < -0.39 is 6.43 Å². The van der Waals surface area contributed by atoms with E-state index in [-0.39, 0.29) is 5.56 Å². The Balaban J connectivity index is 1.91. The maximum Gasteiger partial charge on any atom is 0.263 e. The van der Waals surface area contributed by atoms with E-state index in [1.165, 1.54) is 6.07 Å². The molecule has 0 heterocycles. The third-order valence-electron chi connectivity index (χ3n) is 2.81. The summed E-state index contributed by atoms with van der Waals surface area (Å²) >= 11 is 0. The average molecular weight is 223 g/mol. The Labute approximate surface area is 94.2 Å². The monoisotopic (exact) mass is 223 g/mol. The molecule has 1 N–H and O–H groups in total. The van der Waals surface area contributed by atoms with Gasteiger partial charge >= 0.3 is 0 Å². The summed E-state index contributed by atoms with van der Waals surface area (Å²) in [5.41, 5.74) is 1.02. The highest BCUT2D eigenvalue weighted by Gasteiger charge is 2.10. The van der Waals surface area contributed by atoms with Gasteiger partial charge in [0.15, 0.2) is 0 Å². The second-order valence-corrected chi connectivity index (χ2v) is 4.07. The number of hydrogen-bond acceptors (Lipinski definition) is 1. The van der Waals surface area contributed by atoms with Gasteiger partial charge in [-0.05, 0) is 24.5 Å². The lowest BCUT2D eigenvalue weighted by molar-refractivity contribution is 0.151. The molecule has 0 radical (unpaired) electrons. The van der Waals surface area contributed by atoms with Crippen LogP contribution in [-0.4, -0.2) is 6.04 Å². The quantitative estimate of drug-likeness (QED) is 0.771. The Kier molecular flexibility index (Phi) is 3.67. The second-order valence-electron chi connectivity index (χ2n) is 4.07. The third-order valence-corrected chi connectivity index (χ3v) is 2.81. The van der Waals surface area contributed by atoms with Crippen molar-refractivity contribution in [3.05, 3.63) is 47.5 Å². The van der Waals surface area contributed by atoms with E-state index in [9.17, 15) is 8.78 Å². The third kappa shape index (κ3) is 2.89. The number of alkyl halides is 2. The maximum absolute atomic E-state index is 12.5. The van der Waals surface area contributed by atoms with E-state index in [0.29, 0.717) is 12.6 Å². The minimum Gasteiger partial charge on any atom is -0.309 e. The Morgan fingerprint density at radius 3 is 2.69 bits per heavy atom. The van der Waals surface area contributed by atoms with Crippen LogP contribution in [0.1, 0.15) is 30.4 Å². The van der Waals surface area contributed by atoms with Crippen LogP contribution in [0.3, 0.4) is 0 Å². The molecule has 1 aromatic rings. The highest BCUT2D eigenvalue weighted by molar-refractivity contribution is 5.24. The fourth-order valence-electron chi connectivity index (χ4n) is 1.88. The Hall–Kier alpha value is -1.22. The van der Waals surface area contributed by atoms with Crippen molar-refractivity contribution < 1.29 is 8.78 Å². The predicted octanol–water partition coefficient (Wildman–Crippen LogP) is 3.43. The van der Waals surface area contributed by atoms with Gasteiger partial charge in [-0.3, -0.25) is 0 Å². The summed E-state index contributed by atoms with van der Waals surface area (Å²) in [6.07, 6.45) is 3.98. The van der Waals surface area contributed by atoms with Crippen molar-refractivity contribution in [1.82, 2.24) is 5.32 Å². The van der Waals surface area contributed by atoms with E-state index in [0.717, 1.165) is 18.4 Å². The maximum atomic E-state index is 12.5. The molecule has 0 saturated carbocycles. The van der Waals surface area contributed by atoms with Crippen molar-refractivity contribution in [2.24, 2.45) is 0 Å². The highest BCUT2D eigenvalue weighted by atomic mass is 19.3. The summed E-state index contributed by atoms with van der Waals surface area (Å²) in [5.74, 6) is 0. The zero-order chi connectivity index (χ0) is 11.4. The van der Waals surface area contributed by atoms with Gasteiger partial charge in [-0.2, -0.15) is 0 Å². The van der Waals surface area contributed by atoms with E-state index in [1.807, 2.05) is 6.07 Å². The van der Waals surface area contributed by atoms with Gasteiger partial charge in [-0.1, -0.05) is 30.4 Å². The molecule has 1 aromatic carbocycles. The number of rotatable bonds is 4. The average Bonchev–Trinajstić information content (AvgIpc) is 2.79. The Bertz CT molecular complexity index is 366. The van der Waals surface area contributed by atoms with Gasteiger partial charge in [0.05, 0.1) is 0 Å². The molecule has 16 heavy (non-hydrogen) atoms. The normalized spacial score (nSPS) is 16.2. The van der Waals surface area contributed by atoms with E-state index in [1.54, 1.807) is 12.1 Å². The smallest absolute Gasteiger partial charge is 0.263 e. The molecule has 0 amide bonds. The van der Waals surface area contributed by atoms with E-state index in [4.69, 9.17) is 0 Å². The van der Waals surface area contributed by atoms with Crippen molar-refractivity contribution in [3.8, 4) is 0 Å². The molecular weight excluding hydrogens is 208 g/mol. The largest absolute Gasteiger partial charge is 0.309 e. The molecule has 2 rings (SSSR count). The molecule has 0 aromatic heterocycles. The zero-order valence-electron chi connectivity index (χ0n) is 9.00. The molecule has 1 nitrogen and oxygen atoms in total. The SMILES string of the molecule is FC(F)c1cccc(CNC2CC=CC2)c1. The van der Waals surface area contributed by atoms with Crippen LogP contribution in [0.15, 0.2) is 36.4 Å². The lowest BCUT2D eigenvalue weighted by Crippen LogP contribution is -2.25. The fraction of sp³-hybridized carbons (Fsp3) is 0.385. The molecule has 0 bridgehead atoms. The Morgan fingerprint density at radius 2 is 2.00 bits per heavy atom. The van der Waals surface area contributed by atoms with Crippen LogP contribution in [-0.2, 0) is 6.54 Å². The van der Waals surface area contributed by atoms with Crippen LogP contribution < -0.4 is 5.32 Å². The first kappa shape index (κ1) is 11.3. The molecule has 0 spiro atoms. The molecule has 0 unspecified atom stereocenters. The summed E-state index contributed by atoms with van der Waals surface area (Å²) in [7, 11) is 0. The van der Waals surface area contributed by atoms with Crippen molar-refractivity contribution in [1.29, 1.82) is 0 Å². The van der Waals surface area contributed by atoms with Gasteiger partial charge in [0.25, 0.3) is 6.43 Å². The van der Waals surface area contributed by atoms with Crippen molar-refractivity contribution in [3.63, 3.8) is 0 Å². The fourth-order valence-corrected chi connectivity index (χ4v) is 1.88. The Morgan fingerprint density at radius 1 is 1.25 bits per heavy atom. The number of halogens is 2. The van der Waals surface area contributed by atoms with Crippen molar-refractivity contribution in [2.75, 3.05) is 0 Å². The van der Waals surface area contributed by atoms with Gasteiger partial charge in [-0.25, -0.2) is 8.78 Å². The minimum absolute atomic E-state index is 0.101. The molecule has 0 saturated heterocycles. The summed E-state index contributed by atoms with van der Waals surface area (Å²) in [4.78, 5) is 0. The van der Waals surface area contributed by atoms with Crippen LogP contribution in [0.2, 0.25) is 0 Å². The van der Waals surface area contributed by atoms with Crippen molar-refractivity contribution in [2.45, 2.75) is 31.9 Å². The molecule has 86 valence electrons.